The van der Waals surface area contributed by atoms with Gasteiger partial charge in [0.15, 0.2) is 11.0 Å². The summed E-state index contributed by atoms with van der Waals surface area (Å²) in [6.07, 6.45) is 6.95. The maximum absolute atomic E-state index is 13.5. The number of rotatable bonds is 10. The number of fused-ring (bicyclic) bond motifs is 2. The third-order valence-corrected chi connectivity index (χ3v) is 9.87. The van der Waals surface area contributed by atoms with E-state index < -0.39 is 12.1 Å². The molecule has 5 rings (SSSR count). The number of hydrogen-bond donors (Lipinski definition) is 3. The van der Waals surface area contributed by atoms with Crippen LogP contribution < -0.4 is 16.8 Å². The highest BCUT2D eigenvalue weighted by Gasteiger charge is 2.49. The van der Waals surface area contributed by atoms with Crippen LogP contribution in [0, 0.1) is 5.92 Å². The molecule has 0 spiro atoms. The topological polar surface area (TPSA) is 147 Å². The van der Waals surface area contributed by atoms with Crippen molar-refractivity contribution < 1.29 is 14.4 Å². The summed E-state index contributed by atoms with van der Waals surface area (Å²) in [5.74, 6) is 0.524. The molecular formula is C26H35N7O3S2. The normalized spacial score (nSPS) is 22.5. The molecule has 10 nitrogen and oxygen atoms in total. The molecule has 3 unspecified atom stereocenters. The number of guanidine groups is 1. The van der Waals surface area contributed by atoms with Gasteiger partial charge >= 0.3 is 6.03 Å². The van der Waals surface area contributed by atoms with Crippen molar-refractivity contribution >= 4 is 57.0 Å². The molecule has 5 N–H and O–H groups in total. The Balaban J connectivity index is 1.27. The summed E-state index contributed by atoms with van der Waals surface area (Å²) in [6, 6.07) is 6.13. The zero-order valence-corrected chi connectivity index (χ0v) is 23.0. The van der Waals surface area contributed by atoms with Crippen molar-refractivity contribution in [1.82, 2.24) is 20.1 Å². The van der Waals surface area contributed by atoms with Crippen LogP contribution in [0.4, 0.5) is 4.79 Å². The van der Waals surface area contributed by atoms with E-state index in [0.717, 1.165) is 16.8 Å². The molecule has 1 saturated carbocycles. The summed E-state index contributed by atoms with van der Waals surface area (Å²) in [5.41, 5.74) is 11.6. The number of aliphatic imine (C=N–C) groups is 1. The third-order valence-electron chi connectivity index (χ3n) is 7.55. The number of ketones is 1. The highest BCUT2D eigenvalue weighted by Crippen LogP contribution is 2.37. The van der Waals surface area contributed by atoms with E-state index in [0.29, 0.717) is 42.6 Å². The number of thioether (sulfide) groups is 1. The Morgan fingerprint density at radius 1 is 1.18 bits per heavy atom. The molecule has 12 heteroatoms. The molecule has 3 aliphatic rings. The molecule has 3 fully saturated rings. The van der Waals surface area contributed by atoms with Gasteiger partial charge in [0.05, 0.1) is 28.2 Å². The van der Waals surface area contributed by atoms with Crippen LogP contribution in [-0.4, -0.2) is 81.3 Å². The first kappa shape index (κ1) is 26.7. The van der Waals surface area contributed by atoms with Crippen LogP contribution >= 0.6 is 23.1 Å². The van der Waals surface area contributed by atoms with Crippen LogP contribution in [-0.2, 0) is 4.79 Å². The average Bonchev–Trinajstić information content (AvgIpc) is 3.61. The van der Waals surface area contributed by atoms with Crippen molar-refractivity contribution in [3.8, 4) is 0 Å². The minimum atomic E-state index is -0.780. The molecule has 38 heavy (non-hydrogen) atoms. The monoisotopic (exact) mass is 557 g/mol. The quantitative estimate of drug-likeness (QED) is 0.176. The van der Waals surface area contributed by atoms with Crippen molar-refractivity contribution in [3.05, 3.63) is 29.3 Å². The number of nitrogens with one attached hydrogen (secondary N) is 1. The Morgan fingerprint density at radius 3 is 2.74 bits per heavy atom. The number of aromatic nitrogens is 1. The second kappa shape index (κ2) is 11.9. The van der Waals surface area contributed by atoms with Gasteiger partial charge in [-0.3, -0.25) is 19.5 Å². The van der Waals surface area contributed by atoms with E-state index in [4.69, 9.17) is 11.5 Å². The SMILES string of the molecule is NC(N)=NCCCC(NC(=O)C1CSC2CN(CC3CCCCC3)C(=O)N21)C(=O)c1nc2ccccc2s1. The largest absolute Gasteiger partial charge is 0.370 e. The highest BCUT2D eigenvalue weighted by atomic mass is 32.2. The molecule has 2 aliphatic heterocycles. The number of carbonyl (C=O) groups is 3. The van der Waals surface area contributed by atoms with Gasteiger partial charge in [-0.25, -0.2) is 9.78 Å². The van der Waals surface area contributed by atoms with Crippen molar-refractivity contribution in [1.29, 1.82) is 0 Å². The van der Waals surface area contributed by atoms with Gasteiger partial charge in [0.1, 0.15) is 6.04 Å². The summed E-state index contributed by atoms with van der Waals surface area (Å²) >= 11 is 2.96. The van der Waals surface area contributed by atoms with Crippen molar-refractivity contribution in [3.63, 3.8) is 0 Å². The lowest BCUT2D eigenvalue weighted by atomic mass is 9.89. The molecule has 204 valence electrons. The number of urea groups is 1. The van der Waals surface area contributed by atoms with E-state index in [2.05, 4.69) is 15.3 Å². The second-order valence-corrected chi connectivity index (χ2v) is 12.5. The number of nitrogens with zero attached hydrogens (tertiary/aromatic N) is 4. The molecule has 3 amide bonds. The zero-order valence-electron chi connectivity index (χ0n) is 21.4. The maximum Gasteiger partial charge on any atom is 0.321 e. The van der Waals surface area contributed by atoms with Crippen molar-refractivity contribution in [2.75, 3.05) is 25.4 Å². The van der Waals surface area contributed by atoms with Crippen molar-refractivity contribution in [2.24, 2.45) is 22.4 Å². The molecule has 1 aromatic carbocycles. The lowest BCUT2D eigenvalue weighted by Gasteiger charge is -2.28. The van der Waals surface area contributed by atoms with E-state index in [-0.39, 0.29) is 29.1 Å². The number of carbonyl (C=O) groups excluding carboxylic acids is 3. The minimum Gasteiger partial charge on any atom is -0.370 e. The summed E-state index contributed by atoms with van der Waals surface area (Å²) in [4.78, 5) is 52.5. The Labute approximate surface area is 230 Å². The molecular weight excluding hydrogens is 522 g/mol. The van der Waals surface area contributed by atoms with Gasteiger partial charge in [0, 0.05) is 18.8 Å². The van der Waals surface area contributed by atoms with Crippen LogP contribution in [0.5, 0.6) is 0 Å². The Morgan fingerprint density at radius 2 is 1.97 bits per heavy atom. The fourth-order valence-electron chi connectivity index (χ4n) is 5.59. The molecule has 2 aromatic rings. The average molecular weight is 558 g/mol. The summed E-state index contributed by atoms with van der Waals surface area (Å²) < 4.78 is 0.914. The van der Waals surface area contributed by atoms with Crippen LogP contribution in [0.25, 0.3) is 10.2 Å². The van der Waals surface area contributed by atoms with Crippen LogP contribution in [0.1, 0.15) is 54.7 Å². The summed E-state index contributed by atoms with van der Waals surface area (Å²) in [7, 11) is 0. The van der Waals surface area contributed by atoms with E-state index >= 15 is 0 Å². The van der Waals surface area contributed by atoms with E-state index in [1.54, 1.807) is 16.7 Å². The number of para-hydroxylation sites is 1. The number of thiazole rings is 1. The van der Waals surface area contributed by atoms with Gasteiger partial charge in [-0.05, 0) is 43.7 Å². The predicted octanol–water partition coefficient (Wildman–Crippen LogP) is 2.78. The standard InChI is InChI=1S/C26H35N7O3S2/c27-25(28)29-12-6-10-18(22(34)24-31-17-9-4-5-11-20(17)38-24)30-23(35)19-15-37-21-14-32(26(36)33(19)21)13-16-7-2-1-3-8-16/h4-5,9,11,16,18-19,21H,1-3,6-8,10,12-15H2,(H,30,35)(H4,27,28,29). The molecule has 1 aliphatic carbocycles. The Hall–Kier alpha value is -2.86. The first-order valence-corrected chi connectivity index (χ1v) is 15.2. The lowest BCUT2D eigenvalue weighted by Crippen LogP contribution is -2.52. The van der Waals surface area contributed by atoms with Gasteiger partial charge in [0.25, 0.3) is 0 Å². The Kier molecular flexibility index (Phi) is 8.37. The summed E-state index contributed by atoms with van der Waals surface area (Å²) in [5, 5.41) is 3.29. The fourth-order valence-corrected chi connectivity index (χ4v) is 7.95. The van der Waals surface area contributed by atoms with Gasteiger partial charge in [0.2, 0.25) is 11.7 Å². The van der Waals surface area contributed by atoms with Gasteiger partial charge in [-0.1, -0.05) is 31.4 Å². The number of amides is 3. The lowest BCUT2D eigenvalue weighted by molar-refractivity contribution is -0.125. The van der Waals surface area contributed by atoms with Gasteiger partial charge in [-0.2, -0.15) is 0 Å². The van der Waals surface area contributed by atoms with Gasteiger partial charge in [-0.15, -0.1) is 23.1 Å². The van der Waals surface area contributed by atoms with Gasteiger partial charge < -0.3 is 21.7 Å². The van der Waals surface area contributed by atoms with E-state index in [9.17, 15) is 14.4 Å². The second-order valence-electron chi connectivity index (χ2n) is 10.3. The maximum atomic E-state index is 13.5. The fraction of sp³-hybridized carbons (Fsp3) is 0.577. The Bertz CT molecular complexity index is 1180. The predicted molar refractivity (Wildman–Crippen MR) is 151 cm³/mol. The summed E-state index contributed by atoms with van der Waals surface area (Å²) in [6.45, 7) is 1.77. The third kappa shape index (κ3) is 5.90. The van der Waals surface area contributed by atoms with Crippen molar-refractivity contribution in [2.45, 2.75) is 62.4 Å². The van der Waals surface area contributed by atoms with E-state index in [1.165, 1.54) is 43.4 Å². The number of nitrogens with two attached hydrogens (primary N) is 2. The minimum absolute atomic E-state index is 0.0116. The van der Waals surface area contributed by atoms with Crippen LogP contribution in [0.15, 0.2) is 29.3 Å². The number of hydrogen-bond acceptors (Lipinski definition) is 7. The first-order chi connectivity index (χ1) is 18.4. The number of benzene rings is 1. The first-order valence-electron chi connectivity index (χ1n) is 13.3. The van der Waals surface area contributed by atoms with Crippen LogP contribution in [0.3, 0.4) is 0 Å². The highest BCUT2D eigenvalue weighted by molar-refractivity contribution is 8.00. The molecule has 0 bridgehead atoms. The molecule has 3 atom stereocenters. The smallest absolute Gasteiger partial charge is 0.321 e. The molecule has 1 aromatic heterocycles. The molecule has 0 radical (unpaired) electrons. The van der Waals surface area contributed by atoms with Crippen LogP contribution in [0.2, 0.25) is 0 Å². The molecule has 3 heterocycles. The number of Topliss-reactive ketones (excluding diaryl/α,β-unsaturated/α-hetero) is 1. The molecule has 2 saturated heterocycles. The zero-order chi connectivity index (χ0) is 26.6. The van der Waals surface area contributed by atoms with E-state index in [1.807, 2.05) is 29.2 Å².